The number of hydrogen-bond donors (Lipinski definition) is 1. The van der Waals surface area contributed by atoms with E-state index in [1.54, 1.807) is 7.11 Å². The summed E-state index contributed by atoms with van der Waals surface area (Å²) in [6, 6.07) is 14.7. The molecule has 1 aliphatic rings. The fourth-order valence-corrected chi connectivity index (χ4v) is 4.70. The molecule has 0 aliphatic carbocycles. The first-order valence-corrected chi connectivity index (χ1v) is 11.9. The number of nitrogens with zero attached hydrogens (tertiary/aromatic N) is 3. The molecule has 0 saturated carbocycles. The van der Waals surface area contributed by atoms with Crippen molar-refractivity contribution >= 4 is 22.5 Å². The van der Waals surface area contributed by atoms with Gasteiger partial charge in [-0.05, 0) is 74.3 Å². The summed E-state index contributed by atoms with van der Waals surface area (Å²) < 4.78 is 7.75. The average Bonchev–Trinajstić information content (AvgIpc) is 3.19. The number of ether oxygens (including phenoxy) is 1. The molecule has 176 valence electrons. The molecule has 1 N–H and O–H groups in total. The van der Waals surface area contributed by atoms with Gasteiger partial charge in [0.2, 0.25) is 5.91 Å². The molecule has 6 heteroatoms. The molecule has 0 unspecified atom stereocenters. The largest absolute Gasteiger partial charge is 0.497 e. The van der Waals surface area contributed by atoms with Crippen molar-refractivity contribution in [1.82, 2.24) is 14.8 Å². The van der Waals surface area contributed by atoms with Gasteiger partial charge in [0.15, 0.2) is 0 Å². The van der Waals surface area contributed by atoms with Gasteiger partial charge in [-0.1, -0.05) is 12.1 Å². The average molecular weight is 449 g/mol. The molecule has 1 aliphatic heterocycles. The number of carbonyl (C=O) groups is 1. The number of anilines is 1. The number of rotatable bonds is 8. The van der Waals surface area contributed by atoms with Crippen LogP contribution >= 0.6 is 0 Å². The number of hydrogen-bond acceptors (Lipinski definition) is 4. The minimum Gasteiger partial charge on any atom is -0.497 e. The van der Waals surface area contributed by atoms with Crippen LogP contribution in [0, 0.1) is 5.92 Å². The molecule has 0 atom stereocenters. The Kier molecular flexibility index (Phi) is 7.23. The lowest BCUT2D eigenvalue weighted by molar-refractivity contribution is -0.126. The monoisotopic (exact) mass is 448 g/mol. The van der Waals surface area contributed by atoms with Crippen molar-refractivity contribution in [3.63, 3.8) is 0 Å². The van der Waals surface area contributed by atoms with Crippen LogP contribution in [0.3, 0.4) is 0 Å². The van der Waals surface area contributed by atoms with Crippen LogP contribution in [0.5, 0.6) is 5.75 Å². The summed E-state index contributed by atoms with van der Waals surface area (Å²) in [7, 11) is 5.77. The van der Waals surface area contributed by atoms with E-state index in [0.717, 1.165) is 56.0 Å². The van der Waals surface area contributed by atoms with Gasteiger partial charge < -0.3 is 19.5 Å². The van der Waals surface area contributed by atoms with Gasteiger partial charge in [0.05, 0.1) is 7.11 Å². The Hall–Kier alpha value is -2.99. The first-order valence-electron chi connectivity index (χ1n) is 11.9. The standard InChI is InChI=1S/C27H36N4O2/c1-5-31-19-22(25-16-24(33-4)10-11-26(25)31)18-30-14-12-21(13-15-30)27(32)28-17-20-6-8-23(9-7-20)29(2)3/h6-11,16,19,21H,5,12-15,17-18H2,1-4H3,(H,28,32). The highest BCUT2D eigenvalue weighted by atomic mass is 16.5. The lowest BCUT2D eigenvalue weighted by Crippen LogP contribution is -2.40. The van der Waals surface area contributed by atoms with Gasteiger partial charge in [-0.3, -0.25) is 9.69 Å². The van der Waals surface area contributed by atoms with Gasteiger partial charge in [-0.15, -0.1) is 0 Å². The second kappa shape index (κ2) is 10.3. The summed E-state index contributed by atoms with van der Waals surface area (Å²) in [6.45, 7) is 6.50. The third kappa shape index (κ3) is 5.33. The van der Waals surface area contributed by atoms with Crippen molar-refractivity contribution in [3.05, 3.63) is 59.8 Å². The predicted molar refractivity (Wildman–Crippen MR) is 135 cm³/mol. The van der Waals surface area contributed by atoms with Gasteiger partial charge >= 0.3 is 0 Å². The number of fused-ring (bicyclic) bond motifs is 1. The first-order chi connectivity index (χ1) is 16.0. The zero-order chi connectivity index (χ0) is 23.4. The van der Waals surface area contributed by atoms with Crippen LogP contribution in [0.2, 0.25) is 0 Å². The van der Waals surface area contributed by atoms with Gasteiger partial charge in [0, 0.05) is 62.4 Å². The smallest absolute Gasteiger partial charge is 0.223 e. The minimum absolute atomic E-state index is 0.0966. The quantitative estimate of drug-likeness (QED) is 0.559. The van der Waals surface area contributed by atoms with E-state index in [2.05, 4.69) is 69.2 Å². The zero-order valence-corrected chi connectivity index (χ0v) is 20.3. The van der Waals surface area contributed by atoms with Gasteiger partial charge in [-0.25, -0.2) is 0 Å². The van der Waals surface area contributed by atoms with Crippen LogP contribution in [0.1, 0.15) is 30.9 Å². The molecule has 2 heterocycles. The fourth-order valence-electron chi connectivity index (χ4n) is 4.70. The number of likely N-dealkylation sites (tertiary alicyclic amines) is 1. The number of aryl methyl sites for hydroxylation is 1. The Bertz CT molecular complexity index is 1080. The van der Waals surface area contributed by atoms with Crippen molar-refractivity contribution in [2.24, 2.45) is 5.92 Å². The van der Waals surface area contributed by atoms with Gasteiger partial charge in [-0.2, -0.15) is 0 Å². The third-order valence-electron chi connectivity index (χ3n) is 6.78. The van der Waals surface area contributed by atoms with Crippen LogP contribution in [0.4, 0.5) is 5.69 Å². The molecule has 6 nitrogen and oxygen atoms in total. The van der Waals surface area contributed by atoms with Crippen LogP contribution in [0.15, 0.2) is 48.7 Å². The lowest BCUT2D eigenvalue weighted by Gasteiger charge is -2.31. The number of nitrogens with one attached hydrogen (secondary N) is 1. The number of aromatic nitrogens is 1. The SMILES string of the molecule is CCn1cc(CN2CCC(C(=O)NCc3ccc(N(C)C)cc3)CC2)c2cc(OC)ccc21. The number of methoxy groups -OCH3 is 1. The maximum absolute atomic E-state index is 12.7. The first kappa shape index (κ1) is 23.2. The van der Waals surface area contributed by atoms with E-state index in [1.165, 1.54) is 16.5 Å². The van der Waals surface area contributed by atoms with Crippen molar-refractivity contribution in [2.45, 2.75) is 39.4 Å². The fraction of sp³-hybridized carbons (Fsp3) is 0.444. The summed E-state index contributed by atoms with van der Waals surface area (Å²) in [5, 5.41) is 4.40. The van der Waals surface area contributed by atoms with Crippen molar-refractivity contribution in [1.29, 1.82) is 0 Å². The summed E-state index contributed by atoms with van der Waals surface area (Å²) in [4.78, 5) is 17.3. The maximum atomic E-state index is 12.7. The van der Waals surface area contributed by atoms with E-state index in [0.29, 0.717) is 6.54 Å². The van der Waals surface area contributed by atoms with Crippen LogP contribution < -0.4 is 15.0 Å². The van der Waals surface area contributed by atoms with E-state index >= 15 is 0 Å². The zero-order valence-electron chi connectivity index (χ0n) is 20.3. The molecule has 4 rings (SSSR count). The summed E-state index contributed by atoms with van der Waals surface area (Å²) >= 11 is 0. The van der Waals surface area contributed by atoms with Crippen molar-refractivity contribution < 1.29 is 9.53 Å². The van der Waals surface area contributed by atoms with Crippen LogP contribution in [0.25, 0.3) is 10.9 Å². The van der Waals surface area contributed by atoms with Crippen molar-refractivity contribution in [2.75, 3.05) is 39.2 Å². The molecule has 0 spiro atoms. The van der Waals surface area contributed by atoms with E-state index in [9.17, 15) is 4.79 Å². The maximum Gasteiger partial charge on any atom is 0.223 e. The lowest BCUT2D eigenvalue weighted by atomic mass is 9.95. The number of carbonyl (C=O) groups excluding carboxylic acids is 1. The van der Waals surface area contributed by atoms with E-state index < -0.39 is 0 Å². The van der Waals surface area contributed by atoms with E-state index in [1.807, 2.05) is 20.2 Å². The van der Waals surface area contributed by atoms with E-state index in [-0.39, 0.29) is 11.8 Å². The molecule has 2 aromatic carbocycles. The molecule has 0 bridgehead atoms. The molecule has 33 heavy (non-hydrogen) atoms. The summed E-state index contributed by atoms with van der Waals surface area (Å²) in [6.07, 6.45) is 4.08. The number of piperidine rings is 1. The normalized spacial score (nSPS) is 15.0. The Morgan fingerprint density at radius 3 is 2.48 bits per heavy atom. The predicted octanol–water partition coefficient (Wildman–Crippen LogP) is 4.26. The topological polar surface area (TPSA) is 49.7 Å². The second-order valence-corrected chi connectivity index (χ2v) is 9.15. The Labute approximate surface area is 197 Å². The molecule has 1 amide bonds. The Morgan fingerprint density at radius 1 is 1.12 bits per heavy atom. The van der Waals surface area contributed by atoms with Gasteiger partial charge in [0.1, 0.15) is 5.75 Å². The number of amides is 1. The molecule has 1 aromatic heterocycles. The molecule has 0 radical (unpaired) electrons. The number of benzene rings is 2. The highest BCUT2D eigenvalue weighted by molar-refractivity contribution is 5.85. The van der Waals surface area contributed by atoms with Crippen molar-refractivity contribution in [3.8, 4) is 5.75 Å². The summed E-state index contributed by atoms with van der Waals surface area (Å²) in [5.74, 6) is 1.17. The highest BCUT2D eigenvalue weighted by Crippen LogP contribution is 2.28. The van der Waals surface area contributed by atoms with E-state index in [4.69, 9.17) is 4.74 Å². The molecular formula is C27H36N4O2. The second-order valence-electron chi connectivity index (χ2n) is 9.15. The Morgan fingerprint density at radius 2 is 1.85 bits per heavy atom. The van der Waals surface area contributed by atoms with Crippen LogP contribution in [-0.2, 0) is 24.4 Å². The molecular weight excluding hydrogens is 412 g/mol. The molecule has 1 saturated heterocycles. The third-order valence-corrected chi connectivity index (χ3v) is 6.78. The summed E-state index contributed by atoms with van der Waals surface area (Å²) in [5.41, 5.74) is 4.88. The molecule has 1 fully saturated rings. The Balaban J connectivity index is 1.31. The highest BCUT2D eigenvalue weighted by Gasteiger charge is 2.25. The molecule has 3 aromatic rings. The van der Waals surface area contributed by atoms with Crippen LogP contribution in [-0.4, -0.2) is 49.7 Å². The van der Waals surface area contributed by atoms with Gasteiger partial charge in [0.25, 0.3) is 0 Å². The minimum atomic E-state index is 0.0966.